The van der Waals surface area contributed by atoms with E-state index in [0.29, 0.717) is 124 Å². The molecule has 17 nitrogen and oxygen atoms in total. The van der Waals surface area contributed by atoms with Crippen LogP contribution < -0.4 is 5.73 Å². The molecule has 1 fully saturated rings. The average molecular weight is 922 g/mol. The highest BCUT2D eigenvalue weighted by Crippen LogP contribution is 2.44. The highest BCUT2D eigenvalue weighted by atomic mass is 16.5. The van der Waals surface area contributed by atoms with Crippen molar-refractivity contribution in [2.24, 2.45) is 5.73 Å². The Morgan fingerprint density at radius 1 is 0.896 bits per heavy atom. The molecule has 4 amide bonds. The second-order valence-corrected chi connectivity index (χ2v) is 17.8. The van der Waals surface area contributed by atoms with E-state index in [1.165, 1.54) is 4.90 Å². The third-order valence-electron chi connectivity index (χ3n) is 13.6. The van der Waals surface area contributed by atoms with Crippen molar-refractivity contribution in [3.63, 3.8) is 0 Å². The SMILES string of the molecule is CCC1=C(C)c2cc3[nH]c(cc4nc(c5c6[nH]c(cc1n2)c(C)c6C(=O)N(CCN1CCOCC1)C5=O)[C@@H](CCC(=O)N(C)CCN)[C@@H]4C)c(C)c3/C=C/C(=O)N(C)CCOCCOCCO. The third kappa shape index (κ3) is 10.6. The first-order valence-electron chi connectivity index (χ1n) is 23.6. The van der Waals surface area contributed by atoms with E-state index < -0.39 is 5.91 Å². The fourth-order valence-corrected chi connectivity index (χ4v) is 9.40. The lowest BCUT2D eigenvalue weighted by molar-refractivity contribution is -0.130. The molecule has 3 aromatic rings. The summed E-state index contributed by atoms with van der Waals surface area (Å²) in [5.41, 5.74) is 16.4. The number of nitrogens with two attached hydrogens (primary N) is 1. The number of carbonyl (C=O) groups is 4. The minimum Gasteiger partial charge on any atom is -0.394 e. The molecular formula is C50H67N9O8. The number of aliphatic hydroxyl groups is 1. The van der Waals surface area contributed by atoms with Crippen LogP contribution in [0, 0.1) is 13.8 Å². The van der Waals surface area contributed by atoms with Crippen LogP contribution in [0.5, 0.6) is 0 Å². The number of aromatic amines is 2. The number of imide groups is 1. The fourth-order valence-electron chi connectivity index (χ4n) is 9.40. The molecule has 0 aromatic carbocycles. The number of allylic oxidation sites excluding steroid dienone is 2. The predicted octanol–water partition coefficient (Wildman–Crippen LogP) is 4.78. The van der Waals surface area contributed by atoms with Crippen LogP contribution in [0.25, 0.3) is 39.3 Å². The van der Waals surface area contributed by atoms with Gasteiger partial charge in [0.2, 0.25) is 11.8 Å². The molecule has 2 atom stereocenters. The summed E-state index contributed by atoms with van der Waals surface area (Å²) in [6, 6.07) is 5.98. The smallest absolute Gasteiger partial charge is 0.264 e. The molecule has 7 rings (SSSR count). The van der Waals surface area contributed by atoms with Crippen LogP contribution in [0.4, 0.5) is 0 Å². The van der Waals surface area contributed by atoms with Crippen molar-refractivity contribution in [1.29, 1.82) is 0 Å². The van der Waals surface area contributed by atoms with Crippen molar-refractivity contribution < 1.29 is 38.5 Å². The van der Waals surface area contributed by atoms with Gasteiger partial charge in [0.1, 0.15) is 0 Å². The van der Waals surface area contributed by atoms with E-state index in [1.54, 1.807) is 30.0 Å². The monoisotopic (exact) mass is 922 g/mol. The number of carbonyl (C=O) groups excluding carboxylic acids is 4. The van der Waals surface area contributed by atoms with E-state index in [4.69, 9.17) is 35.0 Å². The molecule has 67 heavy (non-hydrogen) atoms. The molecule has 7 heterocycles. The summed E-state index contributed by atoms with van der Waals surface area (Å²) in [7, 11) is 3.47. The lowest BCUT2D eigenvalue weighted by atomic mass is 9.84. The van der Waals surface area contributed by atoms with Gasteiger partial charge < -0.3 is 44.8 Å². The number of aliphatic hydroxyl groups excluding tert-OH is 1. The van der Waals surface area contributed by atoms with Crippen LogP contribution in [-0.4, -0.2) is 174 Å². The average Bonchev–Trinajstić information content (AvgIpc) is 4.00. The maximum Gasteiger partial charge on any atom is 0.264 e. The fraction of sp³-hybridized carbons (Fsp3) is 0.520. The minimum atomic E-state index is -0.420. The normalized spacial score (nSPS) is 17.6. The number of ether oxygens (including phenoxy) is 3. The van der Waals surface area contributed by atoms with E-state index in [1.807, 2.05) is 38.1 Å². The number of H-pyrrole nitrogens is 2. The first-order valence-corrected chi connectivity index (χ1v) is 23.6. The second kappa shape index (κ2) is 22.0. The third-order valence-corrected chi connectivity index (χ3v) is 13.6. The lowest BCUT2D eigenvalue weighted by Crippen LogP contribution is -2.47. The quantitative estimate of drug-likeness (QED) is 0.0727. The van der Waals surface area contributed by atoms with Gasteiger partial charge >= 0.3 is 0 Å². The van der Waals surface area contributed by atoms with Crippen LogP contribution in [-0.2, 0) is 23.8 Å². The molecule has 3 aromatic heterocycles. The van der Waals surface area contributed by atoms with Crippen molar-refractivity contribution in [3.05, 3.63) is 74.9 Å². The molecule has 0 unspecified atom stereocenters. The van der Waals surface area contributed by atoms with Gasteiger partial charge in [-0.3, -0.25) is 34.0 Å². The Morgan fingerprint density at radius 3 is 2.31 bits per heavy atom. The van der Waals surface area contributed by atoms with Gasteiger partial charge in [-0.2, -0.15) is 0 Å². The number of nitrogens with one attached hydrogen (secondary N) is 2. The van der Waals surface area contributed by atoms with Crippen molar-refractivity contribution >= 4 is 62.9 Å². The number of hydrogen-bond donors (Lipinski definition) is 4. The van der Waals surface area contributed by atoms with Crippen molar-refractivity contribution in [1.82, 2.24) is 39.5 Å². The number of aryl methyl sites for hydroxylation is 2. The summed E-state index contributed by atoms with van der Waals surface area (Å²) in [6.45, 7) is 15.8. The summed E-state index contributed by atoms with van der Waals surface area (Å²) in [6.07, 6.45) is 4.70. The van der Waals surface area contributed by atoms with Crippen LogP contribution >= 0.6 is 0 Å². The summed E-state index contributed by atoms with van der Waals surface area (Å²) < 4.78 is 16.4. The van der Waals surface area contributed by atoms with E-state index in [0.717, 1.165) is 44.7 Å². The molecule has 0 radical (unpaired) electrons. The Bertz CT molecular complexity index is 2590. The molecule has 4 aliphatic heterocycles. The Hall–Kier alpha value is -5.56. The Balaban J connectivity index is 1.40. The highest BCUT2D eigenvalue weighted by Gasteiger charge is 2.41. The van der Waals surface area contributed by atoms with Gasteiger partial charge in [-0.15, -0.1) is 0 Å². The highest BCUT2D eigenvalue weighted by molar-refractivity contribution is 6.23. The van der Waals surface area contributed by atoms with Crippen LogP contribution in [0.2, 0.25) is 0 Å². The number of fused-ring (bicyclic) bond motifs is 8. The molecule has 0 saturated carbocycles. The summed E-state index contributed by atoms with van der Waals surface area (Å²) >= 11 is 0. The maximum atomic E-state index is 15.1. The molecule has 17 heteroatoms. The summed E-state index contributed by atoms with van der Waals surface area (Å²) in [5.74, 6) is -1.61. The zero-order valence-corrected chi connectivity index (χ0v) is 40.1. The predicted molar refractivity (Wildman–Crippen MR) is 258 cm³/mol. The van der Waals surface area contributed by atoms with Crippen molar-refractivity contribution in [2.45, 2.75) is 65.7 Å². The maximum absolute atomic E-state index is 15.1. The van der Waals surface area contributed by atoms with Crippen molar-refractivity contribution in [2.75, 3.05) is 106 Å². The molecule has 0 spiro atoms. The number of likely N-dealkylation sites (N-methyl/N-ethyl adjacent to an activating group) is 2. The first-order chi connectivity index (χ1) is 32.3. The standard InChI is InChI=1S/C50H67N9O8/c1-8-34-30(2)38-28-42-35(9-11-44(62)57(7)17-21-66-25-26-67-24-20-60)31(3)37(53-42)27-39-32(4)36(10-12-43(61)56(6)14-13-51)47(54-39)46-48-45(33(5)40(55-48)29-41(34)52-38)49(63)59(50(46)64)16-15-58-18-22-65-23-19-58/h9,11,27-29,32,36,53,55,60H,8,10,12-26,51H2,1-7H3/b11-9+,37-27?,38-28?,39-27?,40-29?,41-29?,42-28?,47-46?/t32-,36-/m0/s1. The number of nitrogens with zero attached hydrogens (tertiary/aromatic N) is 6. The molecule has 8 bridgehead atoms. The minimum absolute atomic E-state index is 0.0481. The van der Waals surface area contributed by atoms with Gasteiger partial charge in [-0.25, -0.2) is 4.98 Å². The number of aromatic nitrogens is 4. The van der Waals surface area contributed by atoms with Gasteiger partial charge in [0, 0.05) is 112 Å². The van der Waals surface area contributed by atoms with E-state index >= 15 is 4.79 Å². The van der Waals surface area contributed by atoms with Crippen molar-refractivity contribution in [3.8, 4) is 0 Å². The molecule has 360 valence electrons. The number of rotatable bonds is 19. The topological polar surface area (TPSA) is 213 Å². The second-order valence-electron chi connectivity index (χ2n) is 17.8. The number of amides is 4. The summed E-state index contributed by atoms with van der Waals surface area (Å²) in [4.78, 5) is 81.2. The Morgan fingerprint density at radius 2 is 1.60 bits per heavy atom. The molecular weight excluding hydrogens is 855 g/mol. The summed E-state index contributed by atoms with van der Waals surface area (Å²) in [5, 5.41) is 8.91. The molecule has 5 N–H and O–H groups in total. The van der Waals surface area contributed by atoms with Gasteiger partial charge in [0.15, 0.2) is 0 Å². The van der Waals surface area contributed by atoms with Crippen LogP contribution in [0.3, 0.4) is 0 Å². The van der Waals surface area contributed by atoms with Gasteiger partial charge in [-0.05, 0) is 80.2 Å². The van der Waals surface area contributed by atoms with Crippen LogP contribution in [0.1, 0.15) is 112 Å². The zero-order valence-electron chi connectivity index (χ0n) is 40.1. The molecule has 4 aliphatic rings. The van der Waals surface area contributed by atoms with Crippen LogP contribution in [0.15, 0.2) is 24.3 Å². The zero-order chi connectivity index (χ0) is 47.9. The van der Waals surface area contributed by atoms with E-state index in [2.05, 4.69) is 35.6 Å². The molecule has 0 aliphatic carbocycles. The van der Waals surface area contributed by atoms with Gasteiger partial charge in [0.25, 0.3) is 11.8 Å². The number of morpholine rings is 1. The van der Waals surface area contributed by atoms with E-state index in [9.17, 15) is 14.4 Å². The largest absolute Gasteiger partial charge is 0.394 e. The van der Waals surface area contributed by atoms with E-state index in [-0.39, 0.29) is 55.7 Å². The Labute approximate surface area is 392 Å². The molecule has 1 saturated heterocycles. The Kier molecular flexibility index (Phi) is 16.2. The lowest BCUT2D eigenvalue weighted by Gasteiger charge is -2.31. The first kappa shape index (κ1) is 49.3. The van der Waals surface area contributed by atoms with Gasteiger partial charge in [0.05, 0.1) is 80.0 Å². The van der Waals surface area contributed by atoms with Gasteiger partial charge in [-0.1, -0.05) is 13.8 Å². The number of hydrogen-bond acceptors (Lipinski definition) is 12.